The van der Waals surface area contributed by atoms with Crippen LogP contribution in [0.25, 0.3) is 5.57 Å². The molecule has 0 saturated heterocycles. The number of nitrogens with two attached hydrogens (primary N) is 1. The van der Waals surface area contributed by atoms with Gasteiger partial charge in [0, 0.05) is 20.3 Å². The third-order valence-electron chi connectivity index (χ3n) is 2.06. The molecule has 0 unspecified atom stereocenters. The van der Waals surface area contributed by atoms with Crippen molar-refractivity contribution in [1.82, 2.24) is 9.97 Å². The molecular formula is C11H16N4O2. The van der Waals surface area contributed by atoms with Crippen LogP contribution in [0, 0.1) is 0 Å². The van der Waals surface area contributed by atoms with Crippen molar-refractivity contribution in [2.45, 2.75) is 6.92 Å². The number of carbonyl (C=O) groups is 1. The minimum absolute atomic E-state index is 0.164. The van der Waals surface area contributed by atoms with E-state index in [4.69, 9.17) is 10.5 Å². The third kappa shape index (κ3) is 3.17. The molecule has 0 aliphatic heterocycles. The molecule has 0 bridgehead atoms. The molecule has 1 aromatic heterocycles. The van der Waals surface area contributed by atoms with E-state index < -0.39 is 5.97 Å². The van der Waals surface area contributed by atoms with Gasteiger partial charge in [-0.1, -0.05) is 0 Å². The minimum atomic E-state index is -0.521. The van der Waals surface area contributed by atoms with Gasteiger partial charge in [-0.3, -0.25) is 0 Å². The second kappa shape index (κ2) is 5.83. The Morgan fingerprint density at radius 3 is 2.47 bits per heavy atom. The predicted molar refractivity (Wildman–Crippen MR) is 65.2 cm³/mol. The van der Waals surface area contributed by atoms with E-state index in [9.17, 15) is 4.79 Å². The number of hydrogen-bond donors (Lipinski definition) is 1. The average Bonchev–Trinajstić information content (AvgIpc) is 2.31. The van der Waals surface area contributed by atoms with Gasteiger partial charge in [0.15, 0.2) is 5.82 Å². The Bertz CT molecular complexity index is 412. The van der Waals surface area contributed by atoms with E-state index in [-0.39, 0.29) is 18.0 Å². The Balaban J connectivity index is 2.94. The van der Waals surface area contributed by atoms with E-state index in [1.54, 1.807) is 19.3 Å². The molecule has 0 aromatic carbocycles. The molecule has 0 fully saturated rings. The maximum atomic E-state index is 11.5. The molecule has 0 aliphatic rings. The number of nitrogens with zero attached hydrogens (tertiary/aromatic N) is 3. The van der Waals surface area contributed by atoms with Crippen LogP contribution in [0.1, 0.15) is 12.7 Å². The lowest BCUT2D eigenvalue weighted by Gasteiger charge is -2.11. The Labute approximate surface area is 100 Å². The summed E-state index contributed by atoms with van der Waals surface area (Å²) in [6.07, 6.45) is 4.39. The molecule has 0 amide bonds. The third-order valence-corrected chi connectivity index (χ3v) is 2.06. The zero-order valence-corrected chi connectivity index (χ0v) is 10.2. The molecule has 0 saturated carbocycles. The van der Waals surface area contributed by atoms with Gasteiger partial charge in [-0.25, -0.2) is 14.8 Å². The first-order valence-electron chi connectivity index (χ1n) is 5.19. The first-order chi connectivity index (χ1) is 8.10. The molecular weight excluding hydrogens is 220 g/mol. The quantitative estimate of drug-likeness (QED) is 0.602. The van der Waals surface area contributed by atoms with Crippen molar-refractivity contribution in [3.05, 3.63) is 24.4 Å². The Morgan fingerprint density at radius 2 is 2.06 bits per heavy atom. The molecule has 0 aliphatic carbocycles. The summed E-state index contributed by atoms with van der Waals surface area (Å²) in [7, 11) is 3.76. The summed E-state index contributed by atoms with van der Waals surface area (Å²) in [6, 6.07) is 0. The summed E-state index contributed by atoms with van der Waals surface area (Å²) in [6.45, 7) is 2.01. The van der Waals surface area contributed by atoms with Crippen LogP contribution in [0.15, 0.2) is 18.6 Å². The van der Waals surface area contributed by atoms with Crippen molar-refractivity contribution in [2.75, 3.05) is 25.6 Å². The Kier molecular flexibility index (Phi) is 4.45. The second-order valence-electron chi connectivity index (χ2n) is 3.46. The van der Waals surface area contributed by atoms with E-state index in [0.29, 0.717) is 0 Å². The van der Waals surface area contributed by atoms with Crippen LogP contribution in [0.3, 0.4) is 0 Å². The highest BCUT2D eigenvalue weighted by Crippen LogP contribution is 2.13. The van der Waals surface area contributed by atoms with Gasteiger partial charge in [-0.15, -0.1) is 0 Å². The van der Waals surface area contributed by atoms with Gasteiger partial charge < -0.3 is 15.4 Å². The van der Waals surface area contributed by atoms with Gasteiger partial charge in [0.1, 0.15) is 5.57 Å². The van der Waals surface area contributed by atoms with Crippen molar-refractivity contribution in [1.29, 1.82) is 0 Å². The second-order valence-corrected chi connectivity index (χ2v) is 3.46. The first-order valence-corrected chi connectivity index (χ1v) is 5.19. The highest BCUT2D eigenvalue weighted by molar-refractivity contribution is 6.15. The van der Waals surface area contributed by atoms with Crippen LogP contribution in [0.4, 0.5) is 5.69 Å². The number of anilines is 1. The normalized spacial score (nSPS) is 11.1. The maximum absolute atomic E-state index is 11.5. The molecule has 0 atom stereocenters. The Hall–Kier alpha value is -2.11. The number of aromatic nitrogens is 2. The van der Waals surface area contributed by atoms with Crippen LogP contribution in [0.2, 0.25) is 0 Å². The molecule has 6 heteroatoms. The minimum Gasteiger partial charge on any atom is -0.462 e. The lowest BCUT2D eigenvalue weighted by Crippen LogP contribution is -2.13. The fraction of sp³-hybridized carbons (Fsp3) is 0.364. The van der Waals surface area contributed by atoms with Crippen molar-refractivity contribution in [2.24, 2.45) is 5.73 Å². The van der Waals surface area contributed by atoms with Crippen LogP contribution >= 0.6 is 0 Å². The molecule has 92 valence electrons. The molecule has 1 aromatic rings. The van der Waals surface area contributed by atoms with E-state index >= 15 is 0 Å². The monoisotopic (exact) mass is 236 g/mol. The molecule has 1 heterocycles. The fourth-order valence-electron chi connectivity index (χ4n) is 1.13. The molecule has 0 spiro atoms. The highest BCUT2D eigenvalue weighted by Gasteiger charge is 2.15. The summed E-state index contributed by atoms with van der Waals surface area (Å²) in [5, 5.41) is 0. The highest BCUT2D eigenvalue weighted by atomic mass is 16.5. The average molecular weight is 236 g/mol. The van der Waals surface area contributed by atoms with E-state index in [0.717, 1.165) is 11.9 Å². The standard InChI is InChI=1S/C11H16N4O2/c1-4-17-11(16)9(5-12)10-13-6-8(7-14-10)15(2)3/h5-7H,4,12H2,1-3H3. The fourth-order valence-corrected chi connectivity index (χ4v) is 1.13. The van der Waals surface area contributed by atoms with E-state index in [2.05, 4.69) is 9.97 Å². The lowest BCUT2D eigenvalue weighted by molar-refractivity contribution is -0.136. The SMILES string of the molecule is CCOC(=O)C(=CN)c1ncc(N(C)C)cn1. The maximum Gasteiger partial charge on any atom is 0.343 e. The largest absolute Gasteiger partial charge is 0.462 e. The van der Waals surface area contributed by atoms with Crippen LogP contribution in [0.5, 0.6) is 0 Å². The molecule has 17 heavy (non-hydrogen) atoms. The van der Waals surface area contributed by atoms with Crippen molar-refractivity contribution < 1.29 is 9.53 Å². The van der Waals surface area contributed by atoms with Gasteiger partial charge in [-0.2, -0.15) is 0 Å². The van der Waals surface area contributed by atoms with Crippen molar-refractivity contribution in [3.63, 3.8) is 0 Å². The smallest absolute Gasteiger partial charge is 0.343 e. The van der Waals surface area contributed by atoms with E-state index in [1.165, 1.54) is 0 Å². The number of hydrogen-bond acceptors (Lipinski definition) is 6. The number of rotatable bonds is 4. The number of ether oxygens (including phenoxy) is 1. The van der Waals surface area contributed by atoms with Crippen molar-refractivity contribution >= 4 is 17.2 Å². The van der Waals surface area contributed by atoms with Gasteiger partial charge >= 0.3 is 5.97 Å². The summed E-state index contributed by atoms with van der Waals surface area (Å²) >= 11 is 0. The zero-order valence-electron chi connectivity index (χ0n) is 10.2. The molecule has 0 radical (unpaired) electrons. The van der Waals surface area contributed by atoms with Gasteiger partial charge in [0.05, 0.1) is 24.7 Å². The summed E-state index contributed by atoms with van der Waals surface area (Å²) in [4.78, 5) is 21.5. The summed E-state index contributed by atoms with van der Waals surface area (Å²) < 4.78 is 4.85. The summed E-state index contributed by atoms with van der Waals surface area (Å²) in [5.41, 5.74) is 6.39. The number of carbonyl (C=O) groups excluding carboxylic acids is 1. The Morgan fingerprint density at radius 1 is 1.47 bits per heavy atom. The molecule has 6 nitrogen and oxygen atoms in total. The zero-order chi connectivity index (χ0) is 12.8. The first kappa shape index (κ1) is 13.0. The van der Waals surface area contributed by atoms with Crippen LogP contribution in [-0.4, -0.2) is 36.6 Å². The molecule has 1 rings (SSSR count). The lowest BCUT2D eigenvalue weighted by atomic mass is 10.2. The van der Waals surface area contributed by atoms with Crippen LogP contribution < -0.4 is 10.6 Å². The van der Waals surface area contributed by atoms with Gasteiger partial charge in [0.25, 0.3) is 0 Å². The molecule has 2 N–H and O–H groups in total. The predicted octanol–water partition coefficient (Wildman–Crippen LogP) is 0.405. The van der Waals surface area contributed by atoms with Crippen LogP contribution in [-0.2, 0) is 9.53 Å². The van der Waals surface area contributed by atoms with Gasteiger partial charge in [0.2, 0.25) is 0 Å². The topological polar surface area (TPSA) is 81.3 Å². The van der Waals surface area contributed by atoms with Crippen molar-refractivity contribution in [3.8, 4) is 0 Å². The van der Waals surface area contributed by atoms with Gasteiger partial charge in [-0.05, 0) is 6.92 Å². The van der Waals surface area contributed by atoms with E-state index in [1.807, 2.05) is 19.0 Å². The number of esters is 1. The summed E-state index contributed by atoms with van der Waals surface area (Å²) in [5.74, 6) is -0.260.